The average Bonchev–Trinajstić information content (AvgIpc) is 2.46. The normalized spacial score (nSPS) is 10.6. The zero-order valence-corrected chi connectivity index (χ0v) is 14.5. The molecule has 0 atom stereocenters. The minimum absolute atomic E-state index is 0.678. The third-order valence-corrected chi connectivity index (χ3v) is 4.16. The van der Waals surface area contributed by atoms with Gasteiger partial charge in [-0.3, -0.25) is 0 Å². The highest BCUT2D eigenvalue weighted by molar-refractivity contribution is 5.00. The minimum Gasteiger partial charge on any atom is -0.106 e. The summed E-state index contributed by atoms with van der Waals surface area (Å²) in [6, 6.07) is 0. The van der Waals surface area contributed by atoms with Gasteiger partial charge in [0.25, 0.3) is 0 Å². The van der Waals surface area contributed by atoms with Crippen LogP contribution in [0.1, 0.15) is 111 Å². The Labute approximate surface area is 129 Å². The number of rotatable bonds is 14. The Hall–Kier alpha value is -0.440. The second-order valence-corrected chi connectivity index (χ2v) is 6.20. The van der Waals surface area contributed by atoms with Gasteiger partial charge in [-0.25, -0.2) is 0 Å². The van der Waals surface area contributed by atoms with E-state index in [1.54, 1.807) is 0 Å². The summed E-state index contributed by atoms with van der Waals surface area (Å²) in [5.41, 5.74) is 0. The fourth-order valence-electron chi connectivity index (χ4n) is 2.83. The first-order chi connectivity index (χ1) is 9.85. The van der Waals surface area contributed by atoms with Crippen LogP contribution in [-0.4, -0.2) is 0 Å². The van der Waals surface area contributed by atoms with E-state index in [2.05, 4.69) is 25.7 Å². The molecule has 0 unspecified atom stereocenters. The molecule has 0 saturated heterocycles. The van der Waals surface area contributed by atoms with Crippen LogP contribution in [0.3, 0.4) is 0 Å². The summed E-state index contributed by atoms with van der Waals surface area (Å²) in [6.45, 7) is 6.57. The molecular formula is C20H38. The predicted molar refractivity (Wildman–Crippen MR) is 92.9 cm³/mol. The van der Waals surface area contributed by atoms with Gasteiger partial charge in [0.15, 0.2) is 0 Å². The molecule has 0 heteroatoms. The molecule has 0 aromatic heterocycles. The van der Waals surface area contributed by atoms with E-state index in [1.165, 1.54) is 89.9 Å². The van der Waals surface area contributed by atoms with Gasteiger partial charge in [-0.05, 0) is 19.8 Å². The second kappa shape index (κ2) is 16.6. The summed E-state index contributed by atoms with van der Waals surface area (Å²) in [6.07, 6.45) is 19.5. The monoisotopic (exact) mass is 278 g/mol. The van der Waals surface area contributed by atoms with Crippen LogP contribution in [0, 0.1) is 17.8 Å². The third kappa shape index (κ3) is 14.0. The van der Waals surface area contributed by atoms with Crippen molar-refractivity contribution >= 4 is 0 Å². The SMILES string of the molecule is CC#CC(CCCCCCCC)CCCCCCCC. The van der Waals surface area contributed by atoms with Crippen LogP contribution in [0.15, 0.2) is 0 Å². The summed E-state index contributed by atoms with van der Waals surface area (Å²) in [5.74, 6) is 7.26. The van der Waals surface area contributed by atoms with Gasteiger partial charge in [0.05, 0.1) is 0 Å². The topological polar surface area (TPSA) is 0 Å². The summed E-state index contributed by atoms with van der Waals surface area (Å²) < 4.78 is 0. The maximum absolute atomic E-state index is 3.44. The van der Waals surface area contributed by atoms with Crippen molar-refractivity contribution < 1.29 is 0 Å². The molecule has 0 bridgehead atoms. The van der Waals surface area contributed by atoms with E-state index >= 15 is 0 Å². The molecular weight excluding hydrogens is 240 g/mol. The highest BCUT2D eigenvalue weighted by atomic mass is 14.1. The lowest BCUT2D eigenvalue weighted by atomic mass is 9.94. The van der Waals surface area contributed by atoms with Crippen LogP contribution in [0.5, 0.6) is 0 Å². The molecule has 0 aliphatic carbocycles. The Bertz CT molecular complexity index is 214. The maximum Gasteiger partial charge on any atom is 0.0202 e. The molecule has 0 radical (unpaired) electrons. The Balaban J connectivity index is 3.52. The van der Waals surface area contributed by atoms with E-state index in [0.717, 1.165) is 0 Å². The number of hydrogen-bond acceptors (Lipinski definition) is 0. The van der Waals surface area contributed by atoms with E-state index in [4.69, 9.17) is 0 Å². The fourth-order valence-corrected chi connectivity index (χ4v) is 2.83. The second-order valence-electron chi connectivity index (χ2n) is 6.20. The van der Waals surface area contributed by atoms with Crippen molar-refractivity contribution in [1.82, 2.24) is 0 Å². The average molecular weight is 279 g/mol. The molecule has 0 rings (SSSR count). The van der Waals surface area contributed by atoms with Crippen molar-refractivity contribution in [3.05, 3.63) is 0 Å². The standard InChI is InChI=1S/C20H38/c1-4-7-9-11-13-15-18-20(17-6-3)19-16-14-12-10-8-5-2/h20H,4-5,7-16,18-19H2,1-3H3. The molecule has 0 aliphatic rings. The van der Waals surface area contributed by atoms with Gasteiger partial charge in [0.2, 0.25) is 0 Å². The lowest BCUT2D eigenvalue weighted by Gasteiger charge is -2.10. The van der Waals surface area contributed by atoms with Crippen LogP contribution in [0.4, 0.5) is 0 Å². The van der Waals surface area contributed by atoms with Crippen LogP contribution in [-0.2, 0) is 0 Å². The molecule has 0 spiro atoms. The van der Waals surface area contributed by atoms with E-state index in [1.807, 2.05) is 6.92 Å². The quantitative estimate of drug-likeness (QED) is 0.234. The lowest BCUT2D eigenvalue weighted by molar-refractivity contribution is 0.476. The highest BCUT2D eigenvalue weighted by Crippen LogP contribution is 2.18. The molecule has 0 N–H and O–H groups in total. The lowest BCUT2D eigenvalue weighted by Crippen LogP contribution is -1.98. The Morgan fingerprint density at radius 1 is 0.600 bits per heavy atom. The maximum atomic E-state index is 3.44. The van der Waals surface area contributed by atoms with Gasteiger partial charge in [-0.1, -0.05) is 90.9 Å². The van der Waals surface area contributed by atoms with Crippen LogP contribution in [0.25, 0.3) is 0 Å². The molecule has 0 aliphatic heterocycles. The van der Waals surface area contributed by atoms with Crippen molar-refractivity contribution in [2.24, 2.45) is 5.92 Å². The minimum atomic E-state index is 0.678. The Morgan fingerprint density at radius 2 is 1.00 bits per heavy atom. The molecule has 0 heterocycles. The Morgan fingerprint density at radius 3 is 1.40 bits per heavy atom. The molecule has 0 saturated carbocycles. The van der Waals surface area contributed by atoms with Gasteiger partial charge >= 0.3 is 0 Å². The van der Waals surface area contributed by atoms with Crippen molar-refractivity contribution in [2.45, 2.75) is 111 Å². The molecule has 0 amide bonds. The van der Waals surface area contributed by atoms with Gasteiger partial charge in [0, 0.05) is 5.92 Å². The number of unbranched alkanes of at least 4 members (excludes halogenated alkanes) is 10. The first kappa shape index (κ1) is 19.6. The molecule has 118 valence electrons. The van der Waals surface area contributed by atoms with Gasteiger partial charge in [0.1, 0.15) is 0 Å². The van der Waals surface area contributed by atoms with Crippen LogP contribution in [0.2, 0.25) is 0 Å². The van der Waals surface area contributed by atoms with E-state index in [9.17, 15) is 0 Å². The summed E-state index contributed by atoms with van der Waals surface area (Å²) >= 11 is 0. The van der Waals surface area contributed by atoms with E-state index in [-0.39, 0.29) is 0 Å². The predicted octanol–water partition coefficient (Wildman–Crippen LogP) is 7.13. The molecule has 0 aromatic carbocycles. The highest BCUT2D eigenvalue weighted by Gasteiger charge is 2.04. The molecule has 0 aromatic rings. The first-order valence-corrected chi connectivity index (χ1v) is 9.27. The summed E-state index contributed by atoms with van der Waals surface area (Å²) in [4.78, 5) is 0. The van der Waals surface area contributed by atoms with Crippen molar-refractivity contribution in [2.75, 3.05) is 0 Å². The summed E-state index contributed by atoms with van der Waals surface area (Å²) in [5, 5.41) is 0. The first-order valence-electron chi connectivity index (χ1n) is 9.27. The zero-order valence-electron chi connectivity index (χ0n) is 14.5. The van der Waals surface area contributed by atoms with Crippen LogP contribution < -0.4 is 0 Å². The largest absolute Gasteiger partial charge is 0.106 e. The Kier molecular flexibility index (Phi) is 16.2. The smallest absolute Gasteiger partial charge is 0.0202 e. The molecule has 20 heavy (non-hydrogen) atoms. The van der Waals surface area contributed by atoms with Gasteiger partial charge in [-0.15, -0.1) is 11.8 Å². The summed E-state index contributed by atoms with van der Waals surface area (Å²) in [7, 11) is 0. The zero-order chi connectivity index (χ0) is 14.9. The van der Waals surface area contributed by atoms with Crippen molar-refractivity contribution in [3.63, 3.8) is 0 Å². The van der Waals surface area contributed by atoms with Crippen molar-refractivity contribution in [1.29, 1.82) is 0 Å². The fraction of sp³-hybridized carbons (Fsp3) is 0.900. The van der Waals surface area contributed by atoms with Gasteiger partial charge in [-0.2, -0.15) is 0 Å². The number of hydrogen-bond donors (Lipinski definition) is 0. The van der Waals surface area contributed by atoms with Crippen LogP contribution >= 0.6 is 0 Å². The van der Waals surface area contributed by atoms with Crippen molar-refractivity contribution in [3.8, 4) is 11.8 Å². The van der Waals surface area contributed by atoms with E-state index in [0.29, 0.717) is 5.92 Å². The third-order valence-electron chi connectivity index (χ3n) is 4.16. The molecule has 0 fully saturated rings. The van der Waals surface area contributed by atoms with Gasteiger partial charge < -0.3 is 0 Å². The van der Waals surface area contributed by atoms with E-state index < -0.39 is 0 Å². The molecule has 0 nitrogen and oxygen atoms in total.